The number of phenols is 1. The number of benzene rings is 3. The SMILES string of the molecule is C=C(C)C(=O)OCCCOc1ccc(C(=O)Oc2ccc(OC(=O)c3ccc(O)cc3)cc2C)cc1. The minimum absolute atomic E-state index is 0.0505. The molecule has 36 heavy (non-hydrogen) atoms. The number of phenolic OH excluding ortho intramolecular Hbond substituents is 1. The molecule has 0 saturated heterocycles. The second-order valence-corrected chi connectivity index (χ2v) is 7.90. The summed E-state index contributed by atoms with van der Waals surface area (Å²) in [6, 6.07) is 16.8. The molecule has 0 bridgehead atoms. The number of esters is 3. The van der Waals surface area contributed by atoms with Crippen molar-refractivity contribution in [1.29, 1.82) is 0 Å². The first-order valence-electron chi connectivity index (χ1n) is 11.1. The van der Waals surface area contributed by atoms with Gasteiger partial charge in [-0.05, 0) is 86.1 Å². The average molecular weight is 491 g/mol. The lowest BCUT2D eigenvalue weighted by atomic mass is 10.2. The second kappa shape index (κ2) is 12.2. The van der Waals surface area contributed by atoms with E-state index in [4.69, 9.17) is 18.9 Å². The predicted molar refractivity (Wildman–Crippen MR) is 132 cm³/mol. The molecule has 3 aromatic rings. The van der Waals surface area contributed by atoms with Gasteiger partial charge in [-0.15, -0.1) is 0 Å². The number of hydrogen-bond acceptors (Lipinski definition) is 8. The Bertz CT molecular complexity index is 1240. The Kier molecular flexibility index (Phi) is 8.83. The summed E-state index contributed by atoms with van der Waals surface area (Å²) in [7, 11) is 0. The molecule has 1 N–H and O–H groups in total. The molecule has 0 amide bonds. The Morgan fingerprint density at radius 3 is 2.00 bits per heavy atom. The van der Waals surface area contributed by atoms with Crippen molar-refractivity contribution >= 4 is 17.9 Å². The van der Waals surface area contributed by atoms with E-state index in [1.54, 1.807) is 50.2 Å². The predicted octanol–water partition coefficient (Wildman–Crippen LogP) is 5.03. The van der Waals surface area contributed by atoms with Gasteiger partial charge in [-0.2, -0.15) is 0 Å². The third-order valence-electron chi connectivity index (χ3n) is 4.89. The molecule has 3 rings (SSSR count). The van der Waals surface area contributed by atoms with E-state index in [-0.39, 0.29) is 12.4 Å². The van der Waals surface area contributed by atoms with Gasteiger partial charge in [0.15, 0.2) is 0 Å². The summed E-state index contributed by atoms with van der Waals surface area (Å²) in [5.74, 6) is -0.323. The first-order chi connectivity index (χ1) is 17.2. The Morgan fingerprint density at radius 1 is 0.806 bits per heavy atom. The van der Waals surface area contributed by atoms with Crippen LogP contribution in [0.15, 0.2) is 78.9 Å². The largest absolute Gasteiger partial charge is 0.508 e. The van der Waals surface area contributed by atoms with Crippen molar-refractivity contribution in [2.75, 3.05) is 13.2 Å². The van der Waals surface area contributed by atoms with Crippen LogP contribution in [0.25, 0.3) is 0 Å². The van der Waals surface area contributed by atoms with E-state index in [1.165, 1.54) is 30.3 Å². The first-order valence-corrected chi connectivity index (χ1v) is 11.1. The minimum Gasteiger partial charge on any atom is -0.508 e. The van der Waals surface area contributed by atoms with Gasteiger partial charge in [-0.3, -0.25) is 0 Å². The maximum absolute atomic E-state index is 12.5. The molecule has 0 aliphatic carbocycles. The van der Waals surface area contributed by atoms with Crippen molar-refractivity contribution in [3.8, 4) is 23.0 Å². The van der Waals surface area contributed by atoms with Gasteiger partial charge in [-0.1, -0.05) is 6.58 Å². The lowest BCUT2D eigenvalue weighted by Gasteiger charge is -2.11. The fourth-order valence-corrected chi connectivity index (χ4v) is 2.95. The summed E-state index contributed by atoms with van der Waals surface area (Å²) >= 11 is 0. The third kappa shape index (κ3) is 7.46. The van der Waals surface area contributed by atoms with Gasteiger partial charge in [0.2, 0.25) is 0 Å². The van der Waals surface area contributed by atoms with Crippen molar-refractivity contribution in [2.24, 2.45) is 0 Å². The van der Waals surface area contributed by atoms with Gasteiger partial charge in [0, 0.05) is 12.0 Å². The monoisotopic (exact) mass is 490 g/mol. The van der Waals surface area contributed by atoms with Crippen LogP contribution in [0.2, 0.25) is 0 Å². The number of aromatic hydroxyl groups is 1. The number of rotatable bonds is 10. The first kappa shape index (κ1) is 26.0. The highest BCUT2D eigenvalue weighted by Crippen LogP contribution is 2.25. The van der Waals surface area contributed by atoms with E-state index in [2.05, 4.69) is 6.58 Å². The molecule has 186 valence electrons. The van der Waals surface area contributed by atoms with E-state index in [1.807, 2.05) is 0 Å². The molecule has 8 nitrogen and oxygen atoms in total. The van der Waals surface area contributed by atoms with Crippen molar-refractivity contribution in [2.45, 2.75) is 20.3 Å². The van der Waals surface area contributed by atoms with E-state index < -0.39 is 17.9 Å². The Morgan fingerprint density at radius 2 is 1.39 bits per heavy atom. The highest BCUT2D eigenvalue weighted by molar-refractivity contribution is 5.92. The molecule has 0 saturated carbocycles. The summed E-state index contributed by atoms with van der Waals surface area (Å²) in [5.41, 5.74) is 1.57. The van der Waals surface area contributed by atoms with E-state index in [0.29, 0.717) is 52.5 Å². The quantitative estimate of drug-likeness (QED) is 0.183. The second-order valence-electron chi connectivity index (χ2n) is 7.90. The molecular formula is C28H26O8. The zero-order valence-electron chi connectivity index (χ0n) is 20.0. The van der Waals surface area contributed by atoms with Crippen LogP contribution in [0.1, 0.15) is 39.6 Å². The van der Waals surface area contributed by atoms with Crippen molar-refractivity contribution in [3.05, 3.63) is 95.6 Å². The zero-order chi connectivity index (χ0) is 26.1. The summed E-state index contributed by atoms with van der Waals surface area (Å²) in [4.78, 5) is 36.1. The van der Waals surface area contributed by atoms with Crippen molar-refractivity contribution in [3.63, 3.8) is 0 Å². The summed E-state index contributed by atoms with van der Waals surface area (Å²) < 4.78 is 21.4. The normalized spacial score (nSPS) is 10.3. The number of ether oxygens (including phenoxy) is 4. The van der Waals surface area contributed by atoms with Gasteiger partial charge >= 0.3 is 17.9 Å². The molecule has 0 aliphatic heterocycles. The Balaban J connectivity index is 1.50. The van der Waals surface area contributed by atoms with Gasteiger partial charge in [0.05, 0.1) is 24.3 Å². The van der Waals surface area contributed by atoms with Gasteiger partial charge in [-0.25, -0.2) is 14.4 Å². The van der Waals surface area contributed by atoms with Gasteiger partial charge in [0.25, 0.3) is 0 Å². The maximum Gasteiger partial charge on any atom is 0.343 e. The molecule has 0 unspecified atom stereocenters. The minimum atomic E-state index is -0.575. The van der Waals surface area contributed by atoms with E-state index >= 15 is 0 Å². The lowest BCUT2D eigenvalue weighted by molar-refractivity contribution is -0.139. The van der Waals surface area contributed by atoms with Gasteiger partial charge < -0.3 is 24.1 Å². The topological polar surface area (TPSA) is 108 Å². The van der Waals surface area contributed by atoms with Crippen LogP contribution in [0.4, 0.5) is 0 Å². The summed E-state index contributed by atoms with van der Waals surface area (Å²) in [6.45, 7) is 7.39. The smallest absolute Gasteiger partial charge is 0.343 e. The molecule has 0 aromatic heterocycles. The average Bonchev–Trinajstić information content (AvgIpc) is 2.86. The van der Waals surface area contributed by atoms with E-state index in [0.717, 1.165) is 0 Å². The Hall–Kier alpha value is -4.59. The molecule has 3 aromatic carbocycles. The fourth-order valence-electron chi connectivity index (χ4n) is 2.95. The highest BCUT2D eigenvalue weighted by atomic mass is 16.5. The molecular weight excluding hydrogens is 464 g/mol. The van der Waals surface area contributed by atoms with E-state index in [9.17, 15) is 19.5 Å². The van der Waals surface area contributed by atoms with Crippen LogP contribution in [0.3, 0.4) is 0 Å². The van der Waals surface area contributed by atoms with Gasteiger partial charge in [0.1, 0.15) is 23.0 Å². The number of carbonyl (C=O) groups excluding carboxylic acids is 3. The van der Waals surface area contributed by atoms with Crippen LogP contribution >= 0.6 is 0 Å². The molecule has 8 heteroatoms. The maximum atomic E-state index is 12.5. The third-order valence-corrected chi connectivity index (χ3v) is 4.89. The van der Waals surface area contributed by atoms with Crippen molar-refractivity contribution < 1.29 is 38.4 Å². The van der Waals surface area contributed by atoms with Crippen LogP contribution in [-0.4, -0.2) is 36.2 Å². The number of hydrogen-bond donors (Lipinski definition) is 1. The van der Waals surface area contributed by atoms with Crippen molar-refractivity contribution in [1.82, 2.24) is 0 Å². The molecule has 0 heterocycles. The van der Waals surface area contributed by atoms with Crippen LogP contribution < -0.4 is 14.2 Å². The standard InChI is InChI=1S/C28H26O8/c1-18(2)26(30)34-16-4-15-33-23-11-7-21(8-12-23)28(32)36-25-14-13-24(17-19(25)3)35-27(31)20-5-9-22(29)10-6-20/h5-14,17,29H,1,4,15-16H2,2-3H3. The van der Waals surface area contributed by atoms with Crippen LogP contribution in [0, 0.1) is 6.92 Å². The van der Waals surface area contributed by atoms with Crippen LogP contribution in [-0.2, 0) is 9.53 Å². The number of carbonyl (C=O) groups is 3. The summed E-state index contributed by atoms with van der Waals surface area (Å²) in [6.07, 6.45) is 0.516. The molecule has 0 aliphatic rings. The zero-order valence-corrected chi connectivity index (χ0v) is 20.0. The highest BCUT2D eigenvalue weighted by Gasteiger charge is 2.13. The molecule has 0 radical (unpaired) electrons. The lowest BCUT2D eigenvalue weighted by Crippen LogP contribution is -2.11. The Labute approximate surface area is 208 Å². The molecule has 0 fully saturated rings. The number of aryl methyl sites for hydroxylation is 1. The van der Waals surface area contributed by atoms with Crippen LogP contribution in [0.5, 0.6) is 23.0 Å². The summed E-state index contributed by atoms with van der Waals surface area (Å²) in [5, 5.41) is 9.33. The fraction of sp³-hybridized carbons (Fsp3) is 0.179. The molecule has 0 atom stereocenters. The molecule has 0 spiro atoms.